The van der Waals surface area contributed by atoms with Crippen LogP contribution in [0.3, 0.4) is 0 Å². The summed E-state index contributed by atoms with van der Waals surface area (Å²) in [5, 5.41) is 9.30. The number of benzene rings is 1. The van der Waals surface area contributed by atoms with E-state index < -0.39 is 11.9 Å². The van der Waals surface area contributed by atoms with Crippen LogP contribution in [0.4, 0.5) is 0 Å². The molecule has 0 radical (unpaired) electrons. The molecule has 4 rings (SSSR count). The Labute approximate surface area is 194 Å². The van der Waals surface area contributed by atoms with Gasteiger partial charge in [-0.05, 0) is 49.8 Å². The highest BCUT2D eigenvalue weighted by Gasteiger charge is 2.43. The van der Waals surface area contributed by atoms with Crippen molar-refractivity contribution in [3.8, 4) is 11.5 Å². The molecule has 0 spiro atoms. The molecule has 1 heterocycles. The second kappa shape index (κ2) is 9.81. The van der Waals surface area contributed by atoms with Gasteiger partial charge >= 0.3 is 5.97 Å². The number of methoxy groups -OCH3 is 1. The molecule has 1 aromatic rings. The lowest BCUT2D eigenvalue weighted by atomic mass is 9.71. The average Bonchev–Trinajstić information content (AvgIpc) is 2.81. The zero-order chi connectivity index (χ0) is 23.5. The van der Waals surface area contributed by atoms with E-state index in [-0.39, 0.29) is 24.5 Å². The number of Topliss-reactive ketones (excluding diaryl/α,β-unsaturated/α-hetero) is 2. The van der Waals surface area contributed by atoms with Crippen molar-refractivity contribution in [3.05, 3.63) is 46.3 Å². The highest BCUT2D eigenvalue weighted by molar-refractivity contribution is 6.06. The molecule has 3 aliphatic rings. The van der Waals surface area contributed by atoms with E-state index in [9.17, 15) is 19.5 Å². The van der Waals surface area contributed by atoms with Crippen LogP contribution in [0, 0.1) is 0 Å². The Morgan fingerprint density at radius 1 is 1.03 bits per heavy atom. The Balaban J connectivity index is 1.86. The minimum absolute atomic E-state index is 0.0387. The van der Waals surface area contributed by atoms with Crippen molar-refractivity contribution in [3.63, 3.8) is 0 Å². The van der Waals surface area contributed by atoms with Crippen molar-refractivity contribution >= 4 is 17.5 Å². The van der Waals surface area contributed by atoms with Gasteiger partial charge in [0.15, 0.2) is 23.1 Å². The van der Waals surface area contributed by atoms with E-state index in [0.29, 0.717) is 54.9 Å². The predicted molar refractivity (Wildman–Crippen MR) is 122 cm³/mol. The molecule has 0 atom stereocenters. The second-order valence-electron chi connectivity index (χ2n) is 8.76. The van der Waals surface area contributed by atoms with E-state index in [1.54, 1.807) is 7.11 Å². The van der Waals surface area contributed by atoms with Gasteiger partial charge in [-0.25, -0.2) is 0 Å². The summed E-state index contributed by atoms with van der Waals surface area (Å²) in [5.41, 5.74) is 3.89. The highest BCUT2D eigenvalue weighted by atomic mass is 16.5. The lowest BCUT2D eigenvalue weighted by Crippen LogP contribution is -2.39. The summed E-state index contributed by atoms with van der Waals surface area (Å²) in [6.45, 7) is 2.87. The molecule has 0 saturated heterocycles. The molecule has 0 aromatic heterocycles. The summed E-state index contributed by atoms with van der Waals surface area (Å²) in [7, 11) is 1.58. The smallest absolute Gasteiger partial charge is 0.305 e. The molecule has 2 aliphatic carbocycles. The average molecular weight is 454 g/mol. The minimum atomic E-state index is -0.891. The number of hydrogen-bond acceptors (Lipinski definition) is 6. The fraction of sp³-hybridized carbons (Fsp3) is 0.500. The van der Waals surface area contributed by atoms with Crippen LogP contribution in [0.25, 0.3) is 0 Å². The fourth-order valence-corrected chi connectivity index (χ4v) is 5.22. The van der Waals surface area contributed by atoms with Crippen LogP contribution < -0.4 is 9.47 Å². The summed E-state index contributed by atoms with van der Waals surface area (Å²) in [5.74, 6) is -0.0575. The summed E-state index contributed by atoms with van der Waals surface area (Å²) < 4.78 is 11.4. The van der Waals surface area contributed by atoms with Crippen LogP contribution in [0.5, 0.6) is 11.5 Å². The number of nitrogens with zero attached hydrogens (tertiary/aromatic N) is 1. The van der Waals surface area contributed by atoms with Crippen LogP contribution in [0.15, 0.2) is 40.7 Å². The standard InChI is InChI=1S/C26H31NO6/c1-3-14-33-21-11-10-16(15-22(21)32-2)24-25-17(6-4-8-19(25)28)27(13-12-23(30)31)18-7-5-9-20(29)26(18)24/h10-11,15,24H,3-9,12-14H2,1-2H3,(H,30,31). The van der Waals surface area contributed by atoms with E-state index >= 15 is 0 Å². The van der Waals surface area contributed by atoms with Crippen LogP contribution in [0.1, 0.15) is 69.8 Å². The molecule has 0 amide bonds. The van der Waals surface area contributed by atoms with Gasteiger partial charge in [0.2, 0.25) is 0 Å². The van der Waals surface area contributed by atoms with Crippen LogP contribution in [-0.2, 0) is 14.4 Å². The van der Waals surface area contributed by atoms with Crippen molar-refractivity contribution in [2.45, 2.75) is 64.2 Å². The number of carboxylic acids is 1. The number of allylic oxidation sites excluding steroid dienone is 4. The number of rotatable bonds is 8. The molecule has 7 heteroatoms. The van der Waals surface area contributed by atoms with Crippen molar-refractivity contribution < 1.29 is 29.0 Å². The maximum Gasteiger partial charge on any atom is 0.305 e. The maximum absolute atomic E-state index is 13.2. The largest absolute Gasteiger partial charge is 0.493 e. The number of ketones is 2. The fourth-order valence-electron chi connectivity index (χ4n) is 5.22. The van der Waals surface area contributed by atoms with Gasteiger partial charge in [-0.15, -0.1) is 0 Å². The predicted octanol–water partition coefficient (Wildman–Crippen LogP) is 4.37. The molecule has 1 N–H and O–H groups in total. The molecule has 0 fully saturated rings. The summed E-state index contributed by atoms with van der Waals surface area (Å²) >= 11 is 0. The Bertz CT molecular complexity index is 993. The lowest BCUT2D eigenvalue weighted by molar-refractivity contribution is -0.137. The van der Waals surface area contributed by atoms with Gasteiger partial charge in [0.1, 0.15) is 0 Å². The van der Waals surface area contributed by atoms with E-state index in [4.69, 9.17) is 9.47 Å². The van der Waals surface area contributed by atoms with Gasteiger partial charge < -0.3 is 19.5 Å². The van der Waals surface area contributed by atoms with Gasteiger partial charge in [0, 0.05) is 47.8 Å². The van der Waals surface area contributed by atoms with Crippen molar-refractivity contribution in [2.75, 3.05) is 20.3 Å². The molecule has 1 aromatic carbocycles. The first-order valence-electron chi connectivity index (χ1n) is 11.8. The van der Waals surface area contributed by atoms with Crippen molar-refractivity contribution in [1.29, 1.82) is 0 Å². The van der Waals surface area contributed by atoms with Crippen molar-refractivity contribution in [1.82, 2.24) is 4.90 Å². The first kappa shape index (κ1) is 23.1. The summed E-state index contributed by atoms with van der Waals surface area (Å²) in [4.78, 5) is 39.8. The number of hydrogen-bond donors (Lipinski definition) is 1. The third-order valence-corrected chi connectivity index (χ3v) is 6.62. The van der Waals surface area contributed by atoms with Gasteiger partial charge in [0.25, 0.3) is 0 Å². The first-order valence-corrected chi connectivity index (χ1v) is 11.8. The summed E-state index contributed by atoms with van der Waals surface area (Å²) in [6.07, 6.45) is 4.58. The molecule has 0 bridgehead atoms. The zero-order valence-electron chi connectivity index (χ0n) is 19.3. The molecule has 0 unspecified atom stereocenters. The molecule has 7 nitrogen and oxygen atoms in total. The number of carbonyl (C=O) groups is 3. The van der Waals surface area contributed by atoms with Crippen molar-refractivity contribution in [2.24, 2.45) is 0 Å². The van der Waals surface area contributed by atoms with Gasteiger partial charge in [-0.1, -0.05) is 13.0 Å². The van der Waals surface area contributed by atoms with Gasteiger partial charge in [-0.2, -0.15) is 0 Å². The van der Waals surface area contributed by atoms with E-state index in [2.05, 4.69) is 0 Å². The monoisotopic (exact) mass is 453 g/mol. The topological polar surface area (TPSA) is 93.1 Å². The van der Waals surface area contributed by atoms with Crippen LogP contribution >= 0.6 is 0 Å². The molecule has 1 aliphatic heterocycles. The second-order valence-corrected chi connectivity index (χ2v) is 8.76. The maximum atomic E-state index is 13.2. The number of carboxylic acid groups (broad SMARTS) is 1. The van der Waals surface area contributed by atoms with Gasteiger partial charge in [-0.3, -0.25) is 14.4 Å². The Morgan fingerprint density at radius 2 is 1.67 bits per heavy atom. The number of carbonyl (C=O) groups excluding carboxylic acids is 2. The Morgan fingerprint density at radius 3 is 2.21 bits per heavy atom. The third kappa shape index (κ3) is 4.41. The highest BCUT2D eigenvalue weighted by Crippen LogP contribution is 2.50. The molecule has 0 saturated carbocycles. The number of ether oxygens (including phenoxy) is 2. The van der Waals surface area contributed by atoms with E-state index in [0.717, 1.165) is 36.2 Å². The van der Waals surface area contributed by atoms with E-state index in [1.807, 2.05) is 30.0 Å². The SMILES string of the molecule is CCCOc1ccc(C2C3=C(CCCC3=O)N(CCC(=O)O)C3=C2C(=O)CCC3)cc1OC. The lowest BCUT2D eigenvalue weighted by Gasteiger charge is -2.44. The normalized spacial score (nSPS) is 18.9. The number of aliphatic carboxylic acids is 1. The van der Waals surface area contributed by atoms with Crippen LogP contribution in [-0.4, -0.2) is 47.8 Å². The quantitative estimate of drug-likeness (QED) is 0.625. The third-order valence-electron chi connectivity index (χ3n) is 6.62. The molecule has 33 heavy (non-hydrogen) atoms. The first-order chi connectivity index (χ1) is 16.0. The Hall–Kier alpha value is -3.09. The molecular formula is C26H31NO6. The zero-order valence-corrected chi connectivity index (χ0v) is 19.3. The van der Waals surface area contributed by atoms with Gasteiger partial charge in [0.05, 0.1) is 20.1 Å². The summed E-state index contributed by atoms with van der Waals surface area (Å²) in [6, 6.07) is 5.65. The van der Waals surface area contributed by atoms with E-state index in [1.165, 1.54) is 0 Å². The minimum Gasteiger partial charge on any atom is -0.493 e. The Kier molecular flexibility index (Phi) is 6.86. The van der Waals surface area contributed by atoms with Crippen LogP contribution in [0.2, 0.25) is 0 Å². The molecular weight excluding hydrogens is 422 g/mol. The molecule has 176 valence electrons.